The summed E-state index contributed by atoms with van der Waals surface area (Å²) >= 11 is 0. The maximum Gasteiger partial charge on any atom is 0.151 e. The smallest absolute Gasteiger partial charge is 0.151 e. The van der Waals surface area contributed by atoms with Crippen molar-refractivity contribution in [2.75, 3.05) is 26.2 Å². The van der Waals surface area contributed by atoms with Crippen LogP contribution in [0.1, 0.15) is 24.1 Å². The van der Waals surface area contributed by atoms with Gasteiger partial charge < -0.3 is 5.32 Å². The van der Waals surface area contributed by atoms with E-state index in [-0.39, 0.29) is 11.8 Å². The first kappa shape index (κ1) is 12.3. The number of carbonyl (C=O) groups is 1. The number of benzene rings is 1. The first-order valence-electron chi connectivity index (χ1n) is 6.21. The third-order valence-corrected chi connectivity index (χ3v) is 3.38. The molecule has 0 spiro atoms. The Balaban J connectivity index is 2.28. The molecule has 1 atom stereocenters. The summed E-state index contributed by atoms with van der Waals surface area (Å²) < 4.78 is 0. The molecule has 1 aromatic carbocycles. The Morgan fingerprint density at radius 3 is 2.53 bits per heavy atom. The highest BCUT2D eigenvalue weighted by Crippen LogP contribution is 2.24. The minimum atomic E-state index is -0.0710. The number of hydrogen-bond acceptors (Lipinski definition) is 3. The van der Waals surface area contributed by atoms with E-state index in [1.807, 2.05) is 12.1 Å². The van der Waals surface area contributed by atoms with Gasteiger partial charge in [-0.05, 0) is 25.0 Å². The van der Waals surface area contributed by atoms with E-state index in [4.69, 9.17) is 0 Å². The monoisotopic (exact) mass is 232 g/mol. The predicted octanol–water partition coefficient (Wildman–Crippen LogP) is 1.53. The topological polar surface area (TPSA) is 32.3 Å². The number of piperazine rings is 1. The van der Waals surface area contributed by atoms with Crippen LogP contribution in [-0.4, -0.2) is 36.9 Å². The van der Waals surface area contributed by atoms with Crippen molar-refractivity contribution >= 4 is 5.78 Å². The number of rotatable bonds is 3. The van der Waals surface area contributed by atoms with E-state index in [0.717, 1.165) is 31.7 Å². The summed E-state index contributed by atoms with van der Waals surface area (Å²) in [4.78, 5) is 14.2. The summed E-state index contributed by atoms with van der Waals surface area (Å²) in [5, 5.41) is 3.32. The van der Waals surface area contributed by atoms with Crippen molar-refractivity contribution in [2.24, 2.45) is 0 Å². The minimum absolute atomic E-state index is 0.0710. The van der Waals surface area contributed by atoms with Crippen LogP contribution in [0.4, 0.5) is 0 Å². The highest BCUT2D eigenvalue weighted by molar-refractivity contribution is 5.83. The van der Waals surface area contributed by atoms with Gasteiger partial charge in [0.1, 0.15) is 0 Å². The second kappa shape index (κ2) is 5.43. The molecule has 1 heterocycles. The number of hydrogen-bond donors (Lipinski definition) is 1. The lowest BCUT2D eigenvalue weighted by Gasteiger charge is -2.34. The molecular formula is C14H20N2O. The maximum atomic E-state index is 11.9. The first-order chi connectivity index (χ1) is 8.20. The van der Waals surface area contributed by atoms with Gasteiger partial charge in [-0.3, -0.25) is 9.69 Å². The Hall–Kier alpha value is -1.19. The Morgan fingerprint density at radius 1 is 1.29 bits per heavy atom. The van der Waals surface area contributed by atoms with Crippen molar-refractivity contribution < 1.29 is 4.79 Å². The second-order valence-corrected chi connectivity index (χ2v) is 4.66. The fourth-order valence-electron chi connectivity index (χ4n) is 2.51. The van der Waals surface area contributed by atoms with Crippen LogP contribution < -0.4 is 5.32 Å². The van der Waals surface area contributed by atoms with Crippen LogP contribution >= 0.6 is 0 Å². The molecule has 0 radical (unpaired) electrons. The molecule has 0 amide bonds. The average molecular weight is 232 g/mol. The lowest BCUT2D eigenvalue weighted by molar-refractivity contribution is -0.122. The fourth-order valence-corrected chi connectivity index (χ4v) is 2.51. The standard InChI is InChI=1S/C14H20N2O/c1-11-5-3-4-6-13(11)14(12(2)17)16-9-7-15-8-10-16/h3-6,14-15H,7-10H2,1-2H3. The van der Waals surface area contributed by atoms with Crippen molar-refractivity contribution in [2.45, 2.75) is 19.9 Å². The molecule has 17 heavy (non-hydrogen) atoms. The summed E-state index contributed by atoms with van der Waals surface area (Å²) in [7, 11) is 0. The molecule has 1 aliphatic rings. The summed E-state index contributed by atoms with van der Waals surface area (Å²) in [6.07, 6.45) is 0. The van der Waals surface area contributed by atoms with E-state index in [2.05, 4.69) is 29.3 Å². The maximum absolute atomic E-state index is 11.9. The van der Waals surface area contributed by atoms with Crippen LogP contribution in [-0.2, 0) is 4.79 Å². The summed E-state index contributed by atoms with van der Waals surface area (Å²) in [5.41, 5.74) is 2.35. The molecule has 0 bridgehead atoms. The van der Waals surface area contributed by atoms with Crippen molar-refractivity contribution in [3.05, 3.63) is 35.4 Å². The van der Waals surface area contributed by atoms with Gasteiger partial charge in [0.25, 0.3) is 0 Å². The zero-order valence-corrected chi connectivity index (χ0v) is 10.6. The Labute approximate surface area is 103 Å². The molecule has 1 unspecified atom stereocenters. The third kappa shape index (κ3) is 2.73. The molecule has 1 aromatic rings. The molecule has 2 rings (SSSR count). The fraction of sp³-hybridized carbons (Fsp3) is 0.500. The quantitative estimate of drug-likeness (QED) is 0.858. The van der Waals surface area contributed by atoms with Gasteiger partial charge >= 0.3 is 0 Å². The molecule has 1 N–H and O–H groups in total. The number of nitrogens with one attached hydrogen (secondary N) is 1. The third-order valence-electron chi connectivity index (χ3n) is 3.38. The van der Waals surface area contributed by atoms with E-state index in [9.17, 15) is 4.79 Å². The van der Waals surface area contributed by atoms with E-state index < -0.39 is 0 Å². The van der Waals surface area contributed by atoms with Gasteiger partial charge in [0.05, 0.1) is 6.04 Å². The molecule has 3 nitrogen and oxygen atoms in total. The number of nitrogens with zero attached hydrogens (tertiary/aromatic N) is 1. The molecular weight excluding hydrogens is 212 g/mol. The van der Waals surface area contributed by atoms with Gasteiger partial charge in [-0.2, -0.15) is 0 Å². The van der Waals surface area contributed by atoms with E-state index in [0.29, 0.717) is 0 Å². The zero-order valence-electron chi connectivity index (χ0n) is 10.6. The zero-order chi connectivity index (χ0) is 12.3. The van der Waals surface area contributed by atoms with Gasteiger partial charge in [0.15, 0.2) is 5.78 Å². The molecule has 3 heteroatoms. The normalized spacial score (nSPS) is 18.9. The number of carbonyl (C=O) groups excluding carboxylic acids is 1. The van der Waals surface area contributed by atoms with E-state index in [1.54, 1.807) is 6.92 Å². The summed E-state index contributed by atoms with van der Waals surface area (Å²) in [6, 6.07) is 8.11. The van der Waals surface area contributed by atoms with E-state index >= 15 is 0 Å². The van der Waals surface area contributed by atoms with Crippen molar-refractivity contribution in [1.29, 1.82) is 0 Å². The van der Waals surface area contributed by atoms with E-state index in [1.165, 1.54) is 5.56 Å². The highest BCUT2D eigenvalue weighted by atomic mass is 16.1. The van der Waals surface area contributed by atoms with Gasteiger partial charge in [-0.25, -0.2) is 0 Å². The van der Waals surface area contributed by atoms with Crippen LogP contribution in [0.25, 0.3) is 0 Å². The van der Waals surface area contributed by atoms with Crippen LogP contribution in [0.2, 0.25) is 0 Å². The highest BCUT2D eigenvalue weighted by Gasteiger charge is 2.26. The lowest BCUT2D eigenvalue weighted by Crippen LogP contribution is -2.47. The first-order valence-corrected chi connectivity index (χ1v) is 6.21. The van der Waals surface area contributed by atoms with Crippen molar-refractivity contribution in [1.82, 2.24) is 10.2 Å². The van der Waals surface area contributed by atoms with Crippen LogP contribution in [0, 0.1) is 6.92 Å². The molecule has 0 saturated carbocycles. The average Bonchev–Trinajstić information content (AvgIpc) is 2.33. The lowest BCUT2D eigenvalue weighted by atomic mass is 9.96. The molecule has 0 aliphatic carbocycles. The van der Waals surface area contributed by atoms with Crippen LogP contribution in [0.5, 0.6) is 0 Å². The Morgan fingerprint density at radius 2 is 1.94 bits per heavy atom. The summed E-state index contributed by atoms with van der Waals surface area (Å²) in [6.45, 7) is 7.59. The summed E-state index contributed by atoms with van der Waals surface area (Å²) in [5.74, 6) is 0.237. The van der Waals surface area contributed by atoms with Gasteiger partial charge in [-0.15, -0.1) is 0 Å². The number of aryl methyl sites for hydroxylation is 1. The second-order valence-electron chi connectivity index (χ2n) is 4.66. The van der Waals surface area contributed by atoms with Gasteiger partial charge in [0.2, 0.25) is 0 Å². The van der Waals surface area contributed by atoms with Crippen LogP contribution in [0.15, 0.2) is 24.3 Å². The Bertz CT molecular complexity index is 397. The number of ketones is 1. The molecule has 1 aliphatic heterocycles. The largest absolute Gasteiger partial charge is 0.314 e. The molecule has 0 aromatic heterocycles. The van der Waals surface area contributed by atoms with Gasteiger partial charge in [0, 0.05) is 26.2 Å². The van der Waals surface area contributed by atoms with Crippen molar-refractivity contribution in [3.8, 4) is 0 Å². The number of Topliss-reactive ketones (excluding diaryl/α,β-unsaturated/α-hetero) is 1. The SMILES string of the molecule is CC(=O)C(c1ccccc1C)N1CCNCC1. The van der Waals surface area contributed by atoms with Crippen molar-refractivity contribution in [3.63, 3.8) is 0 Å². The molecule has 1 fully saturated rings. The predicted molar refractivity (Wildman–Crippen MR) is 69.0 cm³/mol. The molecule has 1 saturated heterocycles. The molecule has 92 valence electrons. The van der Waals surface area contributed by atoms with Crippen LogP contribution in [0.3, 0.4) is 0 Å². The van der Waals surface area contributed by atoms with Gasteiger partial charge in [-0.1, -0.05) is 24.3 Å². The Kier molecular flexibility index (Phi) is 3.92. The minimum Gasteiger partial charge on any atom is -0.314 e.